The first-order valence-electron chi connectivity index (χ1n) is 12.8. The minimum Gasteiger partial charge on any atom is -0.466 e. The average Bonchev–Trinajstić information content (AvgIpc) is 3.43. The number of ether oxygens (including phenoxy) is 2. The van der Waals surface area contributed by atoms with Crippen molar-refractivity contribution in [3.8, 4) is 6.07 Å². The van der Waals surface area contributed by atoms with Gasteiger partial charge in [-0.1, -0.05) is 50.1 Å². The molecule has 1 atom stereocenters. The highest BCUT2D eigenvalue weighted by molar-refractivity contribution is 7.90. The fourth-order valence-corrected chi connectivity index (χ4v) is 6.35. The van der Waals surface area contributed by atoms with Crippen LogP contribution in [0.5, 0.6) is 0 Å². The smallest absolute Gasteiger partial charge is 0.355 e. The molecule has 2 aliphatic rings. The van der Waals surface area contributed by atoms with Crippen molar-refractivity contribution in [2.45, 2.75) is 43.4 Å². The van der Waals surface area contributed by atoms with Gasteiger partial charge in [0.15, 0.2) is 0 Å². The summed E-state index contributed by atoms with van der Waals surface area (Å²) in [4.78, 5) is 40.0. The summed E-state index contributed by atoms with van der Waals surface area (Å²) in [6.45, 7) is 1.74. The second kappa shape index (κ2) is 11.5. The molecule has 41 heavy (non-hydrogen) atoms. The lowest BCUT2D eigenvalue weighted by atomic mass is 9.81. The normalized spacial score (nSPS) is 18.5. The first-order chi connectivity index (χ1) is 19.5. The molecule has 1 saturated carbocycles. The van der Waals surface area contributed by atoms with Gasteiger partial charge in [-0.3, -0.25) is 9.69 Å². The Hall–Kier alpha value is -4.63. The number of nitrogens with one attached hydrogen (secondary N) is 1. The molecule has 1 aliphatic carbocycles. The molecule has 12 heteroatoms. The summed E-state index contributed by atoms with van der Waals surface area (Å²) in [5.74, 6) is -3.57. The predicted molar refractivity (Wildman–Crippen MR) is 148 cm³/mol. The quantitative estimate of drug-likeness (QED) is 0.466. The molecule has 214 valence electrons. The van der Waals surface area contributed by atoms with Crippen molar-refractivity contribution < 1.29 is 32.3 Å². The van der Waals surface area contributed by atoms with E-state index >= 15 is 0 Å². The van der Waals surface area contributed by atoms with Gasteiger partial charge >= 0.3 is 11.9 Å². The van der Waals surface area contributed by atoms with Gasteiger partial charge < -0.3 is 15.2 Å². The van der Waals surface area contributed by atoms with Gasteiger partial charge in [0.1, 0.15) is 11.5 Å². The molecule has 4 rings (SSSR count). The highest BCUT2D eigenvalue weighted by Crippen LogP contribution is 2.43. The summed E-state index contributed by atoms with van der Waals surface area (Å²) in [6.07, 6.45) is 2.90. The molecule has 1 heterocycles. The van der Waals surface area contributed by atoms with Crippen LogP contribution in [-0.4, -0.2) is 40.5 Å². The molecular formula is C29H30N4O7S. The van der Waals surface area contributed by atoms with E-state index in [9.17, 15) is 28.1 Å². The SMILES string of the molecule is COC(=O)C1=C(C(=O)OC)N(c2ccc(S(=O)(=O)NC(=O)C3(C)CCCC3)cc2)C(N)=C(C#N)C1c1ccccc1. The van der Waals surface area contributed by atoms with Gasteiger partial charge in [-0.25, -0.2) is 22.7 Å². The first-order valence-corrected chi connectivity index (χ1v) is 14.3. The van der Waals surface area contributed by atoms with Gasteiger partial charge in [-0.15, -0.1) is 0 Å². The first kappa shape index (κ1) is 29.4. The number of nitrogens with zero attached hydrogens (tertiary/aromatic N) is 2. The van der Waals surface area contributed by atoms with Crippen LogP contribution in [-0.2, 0) is 33.9 Å². The van der Waals surface area contributed by atoms with E-state index in [4.69, 9.17) is 15.2 Å². The monoisotopic (exact) mass is 578 g/mol. The second-order valence-electron chi connectivity index (χ2n) is 10.0. The number of nitrogens with two attached hydrogens (primary N) is 1. The maximum Gasteiger partial charge on any atom is 0.355 e. The number of methoxy groups -OCH3 is 2. The lowest BCUT2D eigenvalue weighted by molar-refractivity contribution is -0.139. The molecule has 0 aromatic heterocycles. The number of hydrogen-bond donors (Lipinski definition) is 2. The van der Waals surface area contributed by atoms with E-state index < -0.39 is 39.2 Å². The van der Waals surface area contributed by atoms with Crippen LogP contribution >= 0.6 is 0 Å². The van der Waals surface area contributed by atoms with E-state index in [1.165, 1.54) is 24.3 Å². The number of amides is 1. The van der Waals surface area contributed by atoms with Crippen LogP contribution in [0.15, 0.2) is 82.2 Å². The van der Waals surface area contributed by atoms with Gasteiger partial charge in [-0.2, -0.15) is 5.26 Å². The number of rotatable bonds is 7. The maximum absolute atomic E-state index is 13.2. The van der Waals surface area contributed by atoms with Crippen molar-refractivity contribution in [1.82, 2.24) is 4.72 Å². The van der Waals surface area contributed by atoms with E-state index in [0.717, 1.165) is 32.0 Å². The van der Waals surface area contributed by atoms with Gasteiger partial charge in [0, 0.05) is 11.1 Å². The van der Waals surface area contributed by atoms with Crippen LogP contribution in [0.2, 0.25) is 0 Å². The van der Waals surface area contributed by atoms with Crippen LogP contribution in [0.25, 0.3) is 0 Å². The summed E-state index contributed by atoms with van der Waals surface area (Å²) >= 11 is 0. The van der Waals surface area contributed by atoms with Gasteiger partial charge in [0.05, 0.1) is 42.2 Å². The third kappa shape index (κ3) is 5.40. The van der Waals surface area contributed by atoms with Crippen molar-refractivity contribution in [2.75, 3.05) is 19.1 Å². The Morgan fingerprint density at radius 1 is 1.00 bits per heavy atom. The standard InChI is InChI=1S/C29H30N4O7S/c1-29(15-7-8-16-29)28(36)32-41(37,38)20-13-11-19(12-14-20)33-24(27(35)40-3)23(26(34)39-2)22(21(17-30)25(33)31)18-9-5-4-6-10-18/h4-6,9-14,22H,7-8,15-16,31H2,1-3H3,(H,32,36). The number of hydrogen-bond acceptors (Lipinski definition) is 10. The van der Waals surface area contributed by atoms with E-state index in [0.29, 0.717) is 18.4 Å². The fraction of sp³-hybridized carbons (Fsp3) is 0.310. The summed E-state index contributed by atoms with van der Waals surface area (Å²) in [5, 5.41) is 10.1. The molecule has 2 aromatic rings. The van der Waals surface area contributed by atoms with Crippen LogP contribution in [0.3, 0.4) is 0 Å². The Labute approximate surface area is 238 Å². The number of benzene rings is 2. The molecule has 1 aliphatic heterocycles. The number of esters is 2. The number of allylic oxidation sites excluding steroid dienone is 1. The zero-order valence-corrected chi connectivity index (χ0v) is 23.7. The number of sulfonamides is 1. The fourth-order valence-electron chi connectivity index (χ4n) is 5.24. The Balaban J connectivity index is 1.82. The zero-order valence-electron chi connectivity index (χ0n) is 22.8. The number of carbonyl (C=O) groups is 3. The van der Waals surface area contributed by atoms with Crippen molar-refractivity contribution in [3.63, 3.8) is 0 Å². The van der Waals surface area contributed by atoms with Gasteiger partial charge in [0.2, 0.25) is 5.91 Å². The number of nitriles is 1. The highest BCUT2D eigenvalue weighted by atomic mass is 32.2. The lowest BCUT2D eigenvalue weighted by Crippen LogP contribution is -2.41. The molecule has 2 aromatic carbocycles. The van der Waals surface area contributed by atoms with E-state index in [1.54, 1.807) is 37.3 Å². The minimum absolute atomic E-state index is 0.0296. The van der Waals surface area contributed by atoms with E-state index in [1.807, 2.05) is 0 Å². The second-order valence-corrected chi connectivity index (χ2v) is 11.7. The Kier molecular flexibility index (Phi) is 8.21. The zero-order chi connectivity index (χ0) is 29.9. The molecule has 11 nitrogen and oxygen atoms in total. The van der Waals surface area contributed by atoms with Crippen LogP contribution in [0.1, 0.15) is 44.1 Å². The average molecular weight is 579 g/mol. The summed E-state index contributed by atoms with van der Waals surface area (Å²) in [6, 6.07) is 15.8. The van der Waals surface area contributed by atoms with E-state index in [2.05, 4.69) is 10.8 Å². The van der Waals surface area contributed by atoms with Crippen molar-refractivity contribution in [3.05, 3.63) is 82.8 Å². The summed E-state index contributed by atoms with van der Waals surface area (Å²) in [5.41, 5.74) is 5.90. The van der Waals surface area contributed by atoms with Crippen LogP contribution < -0.4 is 15.4 Å². The molecule has 0 radical (unpaired) electrons. The lowest BCUT2D eigenvalue weighted by Gasteiger charge is -2.35. The molecule has 3 N–H and O–H groups in total. The van der Waals surface area contributed by atoms with Crippen LogP contribution in [0, 0.1) is 16.7 Å². The Bertz CT molecular complexity index is 1580. The van der Waals surface area contributed by atoms with Gasteiger partial charge in [-0.05, 0) is 42.7 Å². The largest absolute Gasteiger partial charge is 0.466 e. The van der Waals surface area contributed by atoms with Crippen LogP contribution in [0.4, 0.5) is 5.69 Å². The number of carbonyl (C=O) groups excluding carboxylic acids is 3. The number of anilines is 1. The molecule has 0 spiro atoms. The van der Waals surface area contributed by atoms with E-state index in [-0.39, 0.29) is 33.2 Å². The highest BCUT2D eigenvalue weighted by Gasteiger charge is 2.43. The molecule has 1 fully saturated rings. The molecule has 1 amide bonds. The third-order valence-electron chi connectivity index (χ3n) is 7.50. The minimum atomic E-state index is -4.21. The van der Waals surface area contributed by atoms with Crippen molar-refractivity contribution >= 4 is 33.6 Å². The topological polar surface area (TPSA) is 169 Å². The molecular weight excluding hydrogens is 548 g/mol. The molecule has 0 saturated heterocycles. The predicted octanol–water partition coefficient (Wildman–Crippen LogP) is 2.97. The van der Waals surface area contributed by atoms with Crippen molar-refractivity contribution in [1.29, 1.82) is 5.26 Å². The molecule has 0 bridgehead atoms. The maximum atomic E-state index is 13.2. The van der Waals surface area contributed by atoms with Gasteiger partial charge in [0.25, 0.3) is 10.0 Å². The Morgan fingerprint density at radius 3 is 2.12 bits per heavy atom. The third-order valence-corrected chi connectivity index (χ3v) is 8.84. The summed E-state index contributed by atoms with van der Waals surface area (Å²) < 4.78 is 38.2. The molecule has 1 unspecified atom stereocenters. The summed E-state index contributed by atoms with van der Waals surface area (Å²) in [7, 11) is -1.94. The van der Waals surface area contributed by atoms with Crippen molar-refractivity contribution in [2.24, 2.45) is 11.1 Å². The Morgan fingerprint density at radius 2 is 1.59 bits per heavy atom.